The van der Waals surface area contributed by atoms with E-state index in [0.29, 0.717) is 35.6 Å². The Kier molecular flexibility index (Phi) is 15.5. The van der Waals surface area contributed by atoms with Crippen molar-refractivity contribution < 1.29 is 53.8 Å². The van der Waals surface area contributed by atoms with Crippen molar-refractivity contribution in [2.45, 2.75) is 134 Å². The lowest BCUT2D eigenvalue weighted by Crippen LogP contribution is -2.28. The smallest absolute Gasteiger partial charge is 0.398 e. The quantitative estimate of drug-likeness (QED) is 0.120. The fourth-order valence-corrected chi connectivity index (χ4v) is 9.76. The first-order valence-corrected chi connectivity index (χ1v) is 19.5. The summed E-state index contributed by atoms with van der Waals surface area (Å²) in [4.78, 5) is 22.9. The van der Waals surface area contributed by atoms with Crippen LogP contribution in [0.2, 0.25) is 0 Å². The highest BCUT2D eigenvalue weighted by molar-refractivity contribution is 5.85. The first-order chi connectivity index (χ1) is 27.6. The average molecular weight is 900 g/mol. The van der Waals surface area contributed by atoms with Crippen LogP contribution in [0.1, 0.15) is 108 Å². The summed E-state index contributed by atoms with van der Waals surface area (Å²) in [5.74, 6) is 1.18. The van der Waals surface area contributed by atoms with Crippen LogP contribution >= 0.6 is 12.4 Å². The van der Waals surface area contributed by atoms with E-state index < -0.39 is 62.3 Å². The van der Waals surface area contributed by atoms with Crippen LogP contribution in [0.15, 0.2) is 54.6 Å². The van der Waals surface area contributed by atoms with E-state index in [1.807, 2.05) is 4.90 Å². The average Bonchev–Trinajstić information content (AvgIpc) is 4.05. The Labute approximate surface area is 352 Å². The van der Waals surface area contributed by atoms with Crippen molar-refractivity contribution in [3.8, 4) is 0 Å². The molecule has 6 aliphatic rings. The number of fused-ring (bicyclic) bond motifs is 6. The molecule has 4 saturated heterocycles. The van der Waals surface area contributed by atoms with Crippen molar-refractivity contribution in [3.63, 3.8) is 0 Å². The SMILES string of the molecule is C.C1CC2CCC1C2.Cl.Nc1ccc(N2C3CCC2CC3)cc1C(F)(F)F.O=[N+]([O-])c1ccc(F)cc1C(F)(F)F.O=[N+]([O-])c1ccc(N2C3CCC2CC3)cc1C(F)(F)F. The molecule has 0 radical (unpaired) electrons. The maximum absolute atomic E-state index is 13.0. The molecule has 4 aliphatic heterocycles. The van der Waals surface area contributed by atoms with Crippen LogP contribution in [-0.2, 0) is 18.5 Å². The zero-order valence-electron chi connectivity index (χ0n) is 32.0. The topological polar surface area (TPSA) is 119 Å². The van der Waals surface area contributed by atoms with Gasteiger partial charge < -0.3 is 15.5 Å². The van der Waals surface area contributed by atoms with Gasteiger partial charge >= 0.3 is 18.5 Å². The maximum atomic E-state index is 13.0. The molecule has 0 amide bonds. The van der Waals surface area contributed by atoms with Crippen molar-refractivity contribution in [1.29, 1.82) is 0 Å². The van der Waals surface area contributed by atoms with Gasteiger partial charge in [0.05, 0.1) is 15.4 Å². The number of nitro groups is 2. The van der Waals surface area contributed by atoms with Gasteiger partial charge in [0.15, 0.2) is 0 Å². The molecule has 6 fully saturated rings. The number of benzene rings is 3. The Morgan fingerprint density at radius 1 is 0.525 bits per heavy atom. The zero-order chi connectivity index (χ0) is 43.0. The number of nitrogens with two attached hydrogens (primary N) is 1. The lowest BCUT2D eigenvalue weighted by atomic mass is 10.0. The standard InChI is InChI=1S/C13H13F3N2O2.C13H15F3N2.C7H3F4NO2.C7H12.CH4.ClH/c14-13(15,16)11-7-10(5-6-12(11)18(19)20)17-8-1-2-9(17)4-3-8;14-13(15,16)11-7-10(5-6-12(11)17)18-8-1-2-9(18)4-3-8;8-4-1-2-6(12(13)14)5(3-4)7(9,10)11;1-2-7-4-3-6(1)5-7;;/h5-9H,1-4H2;5-9H,1-4,17H2;1-3H;6-7H,1-5H2;1H4;1H. The number of halogens is 11. The van der Waals surface area contributed by atoms with Gasteiger partial charge in [-0.25, -0.2) is 4.39 Å². The third-order valence-corrected chi connectivity index (χ3v) is 12.4. The number of anilines is 3. The first kappa shape index (κ1) is 49.1. The molecule has 3 aromatic carbocycles. The molecule has 20 heteroatoms. The normalized spacial score (nSPS) is 24.4. The van der Waals surface area contributed by atoms with Gasteiger partial charge in [-0.05, 0) is 112 Å². The van der Waals surface area contributed by atoms with Crippen molar-refractivity contribution in [2.24, 2.45) is 11.8 Å². The molecule has 338 valence electrons. The van der Waals surface area contributed by atoms with E-state index in [1.165, 1.54) is 30.0 Å². The van der Waals surface area contributed by atoms with Gasteiger partial charge in [-0.15, -0.1) is 12.4 Å². The number of rotatable bonds is 4. The number of nitrogen functional groups attached to an aromatic ring is 1. The highest BCUT2D eigenvalue weighted by Gasteiger charge is 2.44. The van der Waals surface area contributed by atoms with Crippen molar-refractivity contribution >= 4 is 40.8 Å². The molecule has 61 heavy (non-hydrogen) atoms. The Balaban J connectivity index is 0.000000185. The molecule has 3 aromatic rings. The molecule has 0 spiro atoms. The third-order valence-electron chi connectivity index (χ3n) is 12.4. The summed E-state index contributed by atoms with van der Waals surface area (Å²) in [6, 6.07) is 10.2. The molecule has 4 heterocycles. The van der Waals surface area contributed by atoms with E-state index in [4.69, 9.17) is 5.73 Å². The molecule has 0 unspecified atom stereocenters. The molecule has 0 atom stereocenters. The van der Waals surface area contributed by atoms with Gasteiger partial charge in [0, 0.05) is 53.4 Å². The van der Waals surface area contributed by atoms with Crippen LogP contribution in [0.5, 0.6) is 0 Å². The summed E-state index contributed by atoms with van der Waals surface area (Å²) in [6.45, 7) is 0. The molecule has 0 aromatic heterocycles. The van der Waals surface area contributed by atoms with Gasteiger partial charge in [-0.1, -0.05) is 33.1 Å². The summed E-state index contributed by atoms with van der Waals surface area (Å²) in [6.07, 6.45) is 2.14. The Morgan fingerprint density at radius 3 is 1.18 bits per heavy atom. The Bertz CT molecular complexity index is 1960. The number of hydrogen-bond donors (Lipinski definition) is 1. The second-order valence-corrected chi connectivity index (χ2v) is 16.0. The Morgan fingerprint density at radius 2 is 0.852 bits per heavy atom. The van der Waals surface area contributed by atoms with Crippen LogP contribution in [0, 0.1) is 37.9 Å². The number of alkyl halides is 9. The van der Waals surface area contributed by atoms with E-state index in [2.05, 4.69) is 4.90 Å². The summed E-state index contributed by atoms with van der Waals surface area (Å²) in [5.41, 5.74) is 0.850. The minimum atomic E-state index is -4.93. The van der Waals surface area contributed by atoms with Gasteiger partial charge in [-0.2, -0.15) is 39.5 Å². The van der Waals surface area contributed by atoms with Crippen molar-refractivity contribution in [1.82, 2.24) is 0 Å². The monoisotopic (exact) mass is 899 g/mol. The van der Waals surface area contributed by atoms with Crippen LogP contribution in [0.4, 0.5) is 72.3 Å². The zero-order valence-corrected chi connectivity index (χ0v) is 32.9. The van der Waals surface area contributed by atoms with Gasteiger partial charge in [0.25, 0.3) is 11.4 Å². The fourth-order valence-electron chi connectivity index (χ4n) is 9.76. The van der Waals surface area contributed by atoms with Crippen LogP contribution in [0.3, 0.4) is 0 Å². The van der Waals surface area contributed by atoms with E-state index >= 15 is 0 Å². The lowest BCUT2D eigenvalue weighted by Gasteiger charge is -2.25. The minimum absolute atomic E-state index is 0. The van der Waals surface area contributed by atoms with E-state index in [9.17, 15) is 64.1 Å². The highest BCUT2D eigenvalue weighted by atomic mass is 35.5. The summed E-state index contributed by atoms with van der Waals surface area (Å²) in [7, 11) is 0. The second-order valence-electron chi connectivity index (χ2n) is 16.0. The largest absolute Gasteiger partial charge is 0.423 e. The van der Waals surface area contributed by atoms with E-state index in [-0.39, 0.29) is 43.7 Å². The second kappa shape index (κ2) is 19.2. The first-order valence-electron chi connectivity index (χ1n) is 19.5. The molecular weight excluding hydrogens is 852 g/mol. The predicted octanol–water partition coefficient (Wildman–Crippen LogP) is 13.2. The van der Waals surface area contributed by atoms with Crippen LogP contribution in [-0.4, -0.2) is 34.0 Å². The number of nitrogens with zero attached hydrogens (tertiary/aromatic N) is 4. The molecule has 2 N–H and O–H groups in total. The molecule has 9 rings (SSSR count). The van der Waals surface area contributed by atoms with Crippen molar-refractivity contribution in [2.75, 3.05) is 15.5 Å². The summed E-state index contributed by atoms with van der Waals surface area (Å²) < 4.78 is 126. The molecule has 6 bridgehead atoms. The van der Waals surface area contributed by atoms with Crippen LogP contribution in [0.25, 0.3) is 0 Å². The Hall–Kier alpha value is -4.55. The van der Waals surface area contributed by atoms with Gasteiger partial charge in [-0.3, -0.25) is 20.2 Å². The fraction of sp³-hybridized carbons (Fsp3) is 0.561. The number of nitro benzene ring substituents is 2. The minimum Gasteiger partial charge on any atom is -0.398 e. The number of hydrogen-bond acceptors (Lipinski definition) is 7. The molecule has 2 aliphatic carbocycles. The van der Waals surface area contributed by atoms with E-state index in [1.54, 1.807) is 38.2 Å². The molecule has 2 saturated carbocycles. The van der Waals surface area contributed by atoms with E-state index in [0.717, 1.165) is 63.5 Å². The summed E-state index contributed by atoms with van der Waals surface area (Å²) in [5, 5.41) is 20.9. The maximum Gasteiger partial charge on any atom is 0.423 e. The van der Waals surface area contributed by atoms with Crippen LogP contribution < -0.4 is 15.5 Å². The summed E-state index contributed by atoms with van der Waals surface area (Å²) >= 11 is 0. The predicted molar refractivity (Wildman–Crippen MR) is 213 cm³/mol. The molecule has 9 nitrogen and oxygen atoms in total. The molecular formula is C41H48ClF10N5O4. The van der Waals surface area contributed by atoms with Gasteiger partial charge in [0.2, 0.25) is 0 Å². The highest BCUT2D eigenvalue weighted by Crippen LogP contribution is 2.46. The lowest BCUT2D eigenvalue weighted by molar-refractivity contribution is -0.388. The van der Waals surface area contributed by atoms with Gasteiger partial charge in [0.1, 0.15) is 16.9 Å². The third kappa shape index (κ3) is 11.3. The van der Waals surface area contributed by atoms with Crippen molar-refractivity contribution in [3.05, 3.63) is 97.3 Å².